The molecule has 2 aliphatic rings. The maximum atomic E-state index is 13.1. The Morgan fingerprint density at radius 3 is 2.44 bits per heavy atom. The molecule has 0 bridgehead atoms. The van der Waals surface area contributed by atoms with Gasteiger partial charge in [-0.15, -0.1) is 0 Å². The van der Waals surface area contributed by atoms with Crippen LogP contribution >= 0.6 is 23.2 Å². The van der Waals surface area contributed by atoms with E-state index in [1.165, 1.54) is 0 Å². The number of carbonyl (C=O) groups excluding carboxylic acids is 3. The molecule has 1 heterocycles. The summed E-state index contributed by atoms with van der Waals surface area (Å²) in [4.78, 5) is 39.7. The van der Waals surface area contributed by atoms with Crippen LogP contribution in [0.4, 0.5) is 0 Å². The van der Waals surface area contributed by atoms with Gasteiger partial charge in [-0.1, -0.05) is 29.3 Å². The first-order chi connectivity index (χ1) is 16.4. The number of nitrogens with zero attached hydrogens (tertiary/aromatic N) is 1. The Morgan fingerprint density at radius 2 is 1.76 bits per heavy atom. The van der Waals surface area contributed by atoms with Crippen molar-refractivity contribution in [3.05, 3.63) is 57.6 Å². The Balaban J connectivity index is 1.48. The molecular formula is C25H26Cl2N2O5. The summed E-state index contributed by atoms with van der Waals surface area (Å²) in [6.07, 6.45) is 4.61. The van der Waals surface area contributed by atoms with Crippen molar-refractivity contribution in [1.82, 2.24) is 10.2 Å². The molecule has 1 saturated carbocycles. The number of likely N-dealkylation sites (tertiary alicyclic amines) is 1. The second-order valence-electron chi connectivity index (χ2n) is 8.47. The van der Waals surface area contributed by atoms with Crippen molar-refractivity contribution in [3.8, 4) is 11.5 Å². The smallest absolute Gasteiger partial charge is 0.252 e. The van der Waals surface area contributed by atoms with Gasteiger partial charge in [-0.3, -0.25) is 19.3 Å². The summed E-state index contributed by atoms with van der Waals surface area (Å²) in [6.45, 7) is -0.0511. The van der Waals surface area contributed by atoms with E-state index in [0.717, 1.165) is 30.6 Å². The minimum Gasteiger partial charge on any atom is -0.493 e. The third-order valence-corrected chi connectivity index (χ3v) is 6.93. The van der Waals surface area contributed by atoms with Crippen molar-refractivity contribution >= 4 is 40.9 Å². The van der Waals surface area contributed by atoms with Gasteiger partial charge < -0.3 is 14.8 Å². The molecule has 2 fully saturated rings. The highest BCUT2D eigenvalue weighted by atomic mass is 35.5. The van der Waals surface area contributed by atoms with E-state index in [9.17, 15) is 14.4 Å². The van der Waals surface area contributed by atoms with Crippen LogP contribution in [-0.2, 0) is 16.1 Å². The zero-order valence-electron chi connectivity index (χ0n) is 18.8. The summed E-state index contributed by atoms with van der Waals surface area (Å²) in [6, 6.07) is 9.08. The summed E-state index contributed by atoms with van der Waals surface area (Å²) in [5.41, 5.74) is 0.836. The van der Waals surface area contributed by atoms with Crippen LogP contribution in [0.5, 0.6) is 11.5 Å². The van der Waals surface area contributed by atoms with Gasteiger partial charge in [-0.05, 0) is 62.4 Å². The van der Waals surface area contributed by atoms with E-state index in [4.69, 9.17) is 32.7 Å². The van der Waals surface area contributed by atoms with Crippen LogP contribution in [-0.4, -0.2) is 41.9 Å². The van der Waals surface area contributed by atoms with Crippen molar-refractivity contribution < 1.29 is 23.9 Å². The van der Waals surface area contributed by atoms with Crippen LogP contribution < -0.4 is 14.8 Å². The Morgan fingerprint density at radius 1 is 1.06 bits per heavy atom. The highest BCUT2D eigenvalue weighted by Crippen LogP contribution is 2.33. The molecular weight excluding hydrogens is 479 g/mol. The quantitative estimate of drug-likeness (QED) is 0.548. The minimum absolute atomic E-state index is 0.0511. The number of halogens is 2. The van der Waals surface area contributed by atoms with Crippen molar-refractivity contribution in [3.63, 3.8) is 0 Å². The van der Waals surface area contributed by atoms with Crippen molar-refractivity contribution in [1.29, 1.82) is 0 Å². The standard InChI is InChI=1S/C25H26Cl2N2O5/c1-33-21-11-9-15(13-22(21)34-16-5-2-3-6-16)24(31)28-20-10-12-23(30)29(25(20)32)14-17-18(26)7-4-8-19(17)27/h4,7-9,11,13,16,20H,2-3,5-6,10,12,14H2,1H3,(H,28,31)/t20-/m0/s1. The molecule has 0 spiro atoms. The summed E-state index contributed by atoms with van der Waals surface area (Å²) in [7, 11) is 1.55. The number of piperidine rings is 1. The molecule has 4 rings (SSSR count). The summed E-state index contributed by atoms with van der Waals surface area (Å²) in [5, 5.41) is 3.50. The van der Waals surface area contributed by atoms with Gasteiger partial charge in [0.25, 0.3) is 11.8 Å². The van der Waals surface area contributed by atoms with Crippen LogP contribution in [0.3, 0.4) is 0 Å². The Bertz CT molecular complexity index is 1080. The zero-order valence-corrected chi connectivity index (χ0v) is 20.3. The molecule has 0 radical (unpaired) electrons. The van der Waals surface area contributed by atoms with Gasteiger partial charge in [0, 0.05) is 27.6 Å². The zero-order chi connectivity index (χ0) is 24.2. The van der Waals surface area contributed by atoms with Gasteiger partial charge in [0.15, 0.2) is 11.5 Å². The second kappa shape index (κ2) is 10.7. The number of benzene rings is 2. The third kappa shape index (κ3) is 5.31. The highest BCUT2D eigenvalue weighted by Gasteiger charge is 2.36. The molecule has 34 heavy (non-hydrogen) atoms. The minimum atomic E-state index is -0.840. The van der Waals surface area contributed by atoms with Gasteiger partial charge in [-0.25, -0.2) is 0 Å². The topological polar surface area (TPSA) is 84.9 Å². The molecule has 2 aromatic rings. The molecule has 1 aliphatic heterocycles. The number of carbonyl (C=O) groups is 3. The number of rotatable bonds is 7. The van der Waals surface area contributed by atoms with Crippen molar-refractivity contribution in [2.45, 2.75) is 57.2 Å². The van der Waals surface area contributed by atoms with Gasteiger partial charge in [0.2, 0.25) is 5.91 Å². The lowest BCUT2D eigenvalue weighted by molar-refractivity contribution is -0.150. The first-order valence-corrected chi connectivity index (χ1v) is 12.1. The Labute approximate surface area is 208 Å². The fourth-order valence-electron chi connectivity index (χ4n) is 4.32. The second-order valence-corrected chi connectivity index (χ2v) is 9.29. The molecule has 9 heteroatoms. The van der Waals surface area contributed by atoms with Crippen molar-refractivity contribution in [2.24, 2.45) is 0 Å². The number of hydrogen-bond acceptors (Lipinski definition) is 5. The average Bonchev–Trinajstić information content (AvgIpc) is 3.33. The van der Waals surface area contributed by atoms with Gasteiger partial charge in [0.05, 0.1) is 19.8 Å². The van der Waals surface area contributed by atoms with Crippen LogP contribution in [0.15, 0.2) is 36.4 Å². The molecule has 180 valence electrons. The van der Waals surface area contributed by atoms with Gasteiger partial charge >= 0.3 is 0 Å². The van der Waals surface area contributed by atoms with Gasteiger partial charge in [-0.2, -0.15) is 0 Å². The Kier molecular flexibility index (Phi) is 7.63. The monoisotopic (exact) mass is 504 g/mol. The lowest BCUT2D eigenvalue weighted by atomic mass is 10.0. The fraction of sp³-hybridized carbons (Fsp3) is 0.400. The molecule has 1 saturated heterocycles. The molecule has 1 aliphatic carbocycles. The largest absolute Gasteiger partial charge is 0.493 e. The van der Waals surface area contributed by atoms with Crippen LogP contribution in [0, 0.1) is 0 Å². The number of methoxy groups -OCH3 is 1. The van der Waals surface area contributed by atoms with Gasteiger partial charge in [0.1, 0.15) is 6.04 Å². The molecule has 7 nitrogen and oxygen atoms in total. The number of amides is 3. The maximum absolute atomic E-state index is 13.1. The van der Waals surface area contributed by atoms with E-state index in [-0.39, 0.29) is 31.4 Å². The number of ether oxygens (including phenoxy) is 2. The van der Waals surface area contributed by atoms with Crippen molar-refractivity contribution in [2.75, 3.05) is 7.11 Å². The first kappa shape index (κ1) is 24.4. The third-order valence-electron chi connectivity index (χ3n) is 6.22. The van der Waals surface area contributed by atoms with E-state index in [1.807, 2.05) is 0 Å². The first-order valence-electron chi connectivity index (χ1n) is 11.3. The summed E-state index contributed by atoms with van der Waals surface area (Å²) in [5.74, 6) is -0.199. The Hall–Kier alpha value is -2.77. The lowest BCUT2D eigenvalue weighted by Crippen LogP contribution is -2.54. The van der Waals surface area contributed by atoms with Crippen LogP contribution in [0.25, 0.3) is 0 Å². The number of nitrogens with one attached hydrogen (secondary N) is 1. The van der Waals surface area contributed by atoms with Crippen LogP contribution in [0.2, 0.25) is 10.0 Å². The highest BCUT2D eigenvalue weighted by molar-refractivity contribution is 6.36. The molecule has 0 aromatic heterocycles. The summed E-state index contributed by atoms with van der Waals surface area (Å²) < 4.78 is 11.5. The van der Waals surface area contributed by atoms with Crippen LogP contribution in [0.1, 0.15) is 54.4 Å². The molecule has 0 unspecified atom stereocenters. The summed E-state index contributed by atoms with van der Waals surface area (Å²) >= 11 is 12.4. The molecule has 2 aromatic carbocycles. The van der Waals surface area contributed by atoms with E-state index < -0.39 is 17.9 Å². The average molecular weight is 505 g/mol. The fourth-order valence-corrected chi connectivity index (χ4v) is 4.83. The molecule has 1 N–H and O–H groups in total. The van der Waals surface area contributed by atoms with E-state index >= 15 is 0 Å². The maximum Gasteiger partial charge on any atom is 0.252 e. The number of hydrogen-bond donors (Lipinski definition) is 1. The van der Waals surface area contributed by atoms with E-state index in [1.54, 1.807) is 43.5 Å². The SMILES string of the molecule is COc1ccc(C(=O)N[C@H]2CCC(=O)N(Cc3c(Cl)cccc3Cl)C2=O)cc1OC1CCCC1. The normalized spacial score (nSPS) is 18.8. The van der Waals surface area contributed by atoms with E-state index in [0.29, 0.717) is 32.7 Å². The molecule has 1 atom stereocenters. The van der Waals surface area contributed by atoms with E-state index in [2.05, 4.69) is 5.32 Å². The molecule has 3 amide bonds. The predicted molar refractivity (Wildman–Crippen MR) is 128 cm³/mol. The lowest BCUT2D eigenvalue weighted by Gasteiger charge is -2.31. The number of imide groups is 1. The predicted octanol–water partition coefficient (Wildman–Crippen LogP) is 4.77.